The first-order chi connectivity index (χ1) is 9.51. The zero-order chi connectivity index (χ0) is 14.7. The summed E-state index contributed by atoms with van der Waals surface area (Å²) < 4.78 is 18.6. The molecular weight excluding hydrogens is 335 g/mol. The second-order valence-electron chi connectivity index (χ2n) is 3.64. The molecule has 20 heavy (non-hydrogen) atoms. The molecule has 102 valence electrons. The van der Waals surface area contributed by atoms with E-state index in [9.17, 15) is 19.3 Å². The van der Waals surface area contributed by atoms with Crippen molar-refractivity contribution in [3.63, 3.8) is 0 Å². The minimum Gasteiger partial charge on any atom is -0.432 e. The van der Waals surface area contributed by atoms with Gasteiger partial charge in [0.1, 0.15) is 5.82 Å². The third-order valence-electron chi connectivity index (χ3n) is 2.31. The molecule has 8 heteroatoms. The van der Waals surface area contributed by atoms with Gasteiger partial charge in [-0.15, -0.1) is 0 Å². The molecule has 2 aromatic rings. The fourth-order valence-electron chi connectivity index (χ4n) is 1.38. The van der Waals surface area contributed by atoms with Gasteiger partial charge in [-0.25, -0.2) is 9.37 Å². The van der Waals surface area contributed by atoms with Crippen LogP contribution >= 0.6 is 15.9 Å². The van der Waals surface area contributed by atoms with Crippen LogP contribution in [0.5, 0.6) is 11.6 Å². The lowest BCUT2D eigenvalue weighted by molar-refractivity contribution is -0.385. The van der Waals surface area contributed by atoms with E-state index in [1.54, 1.807) is 0 Å². The van der Waals surface area contributed by atoms with Crippen LogP contribution < -0.4 is 4.74 Å². The van der Waals surface area contributed by atoms with E-state index in [4.69, 9.17) is 4.74 Å². The van der Waals surface area contributed by atoms with Gasteiger partial charge in [0, 0.05) is 30.0 Å². The average molecular weight is 341 g/mol. The van der Waals surface area contributed by atoms with Crippen molar-refractivity contribution >= 4 is 27.9 Å². The summed E-state index contributed by atoms with van der Waals surface area (Å²) in [4.78, 5) is 24.5. The molecule has 2 rings (SSSR count). The Labute approximate surface area is 120 Å². The molecule has 0 spiro atoms. The van der Waals surface area contributed by atoms with E-state index in [1.165, 1.54) is 18.3 Å². The molecule has 0 amide bonds. The van der Waals surface area contributed by atoms with Gasteiger partial charge in [-0.1, -0.05) is 0 Å². The molecule has 0 saturated heterocycles. The van der Waals surface area contributed by atoms with E-state index < -0.39 is 16.4 Å². The summed E-state index contributed by atoms with van der Waals surface area (Å²) in [6.45, 7) is 0. The van der Waals surface area contributed by atoms with E-state index >= 15 is 0 Å². The lowest BCUT2D eigenvalue weighted by Gasteiger charge is -2.06. The first-order valence-electron chi connectivity index (χ1n) is 5.24. The number of pyridine rings is 1. The van der Waals surface area contributed by atoms with Gasteiger partial charge in [-0.2, -0.15) is 0 Å². The summed E-state index contributed by atoms with van der Waals surface area (Å²) >= 11 is 2.86. The van der Waals surface area contributed by atoms with Gasteiger partial charge in [0.25, 0.3) is 0 Å². The van der Waals surface area contributed by atoms with Crippen LogP contribution in [-0.4, -0.2) is 16.2 Å². The second kappa shape index (κ2) is 5.74. The smallest absolute Gasteiger partial charge is 0.312 e. The molecule has 0 aliphatic carbocycles. The number of carbonyl (C=O) groups excluding carboxylic acids is 1. The molecule has 0 radical (unpaired) electrons. The van der Waals surface area contributed by atoms with Gasteiger partial charge in [-0.3, -0.25) is 14.9 Å². The summed E-state index contributed by atoms with van der Waals surface area (Å²) in [5.74, 6) is -0.961. The van der Waals surface area contributed by atoms with Crippen molar-refractivity contribution in [1.82, 2.24) is 4.98 Å². The molecule has 0 atom stereocenters. The summed E-state index contributed by atoms with van der Waals surface area (Å²) in [7, 11) is 0. The highest BCUT2D eigenvalue weighted by atomic mass is 79.9. The Hall–Kier alpha value is -2.35. The van der Waals surface area contributed by atoms with Crippen LogP contribution in [-0.2, 0) is 0 Å². The second-order valence-corrected chi connectivity index (χ2v) is 4.50. The van der Waals surface area contributed by atoms with E-state index in [0.29, 0.717) is 11.8 Å². The maximum Gasteiger partial charge on any atom is 0.312 e. The number of halogens is 2. The fraction of sp³-hybridized carbons (Fsp3) is 0. The number of hydrogen-bond donors (Lipinski definition) is 0. The molecule has 1 aromatic carbocycles. The number of carbonyl (C=O) groups is 1. The van der Waals surface area contributed by atoms with Crippen molar-refractivity contribution < 1.29 is 18.8 Å². The first-order valence-corrected chi connectivity index (χ1v) is 6.03. The molecule has 0 unspecified atom stereocenters. The van der Waals surface area contributed by atoms with Crippen LogP contribution in [0.3, 0.4) is 0 Å². The minimum absolute atomic E-state index is 0.0143. The Balaban J connectivity index is 2.38. The monoisotopic (exact) mass is 340 g/mol. The van der Waals surface area contributed by atoms with Crippen LogP contribution in [0.2, 0.25) is 0 Å². The number of nitro groups is 1. The normalized spacial score (nSPS) is 10.1. The highest BCUT2D eigenvalue weighted by Crippen LogP contribution is 2.34. The predicted octanol–water partition coefficient (Wildman–Crippen LogP) is 3.50. The molecular formula is C12H6BrFN2O4. The number of nitro benzene ring substituents is 1. The Morgan fingerprint density at radius 1 is 1.40 bits per heavy atom. The number of nitrogens with zero attached hydrogens (tertiary/aromatic N) is 2. The lowest BCUT2D eigenvalue weighted by atomic mass is 10.3. The van der Waals surface area contributed by atoms with Crippen LogP contribution in [0.4, 0.5) is 10.1 Å². The summed E-state index contributed by atoms with van der Waals surface area (Å²) in [5.41, 5.74) is -0.0756. The molecule has 0 aliphatic rings. The molecule has 0 fully saturated rings. The summed E-state index contributed by atoms with van der Waals surface area (Å²) in [5, 5.41) is 10.9. The standard InChI is InChI=1S/C12H6BrFN2O4/c13-8-3-10(16(18)19)11(4-9(8)14)20-12-2-1-7(6-17)5-15-12/h1-6H. The number of ether oxygens (including phenoxy) is 1. The van der Waals surface area contributed by atoms with E-state index in [2.05, 4.69) is 20.9 Å². The predicted molar refractivity (Wildman–Crippen MR) is 70.5 cm³/mol. The number of benzene rings is 1. The highest BCUT2D eigenvalue weighted by molar-refractivity contribution is 9.10. The Kier molecular flexibility index (Phi) is 4.04. The van der Waals surface area contributed by atoms with Crippen molar-refractivity contribution in [2.24, 2.45) is 0 Å². The zero-order valence-corrected chi connectivity index (χ0v) is 11.3. The molecule has 0 N–H and O–H groups in total. The minimum atomic E-state index is -0.699. The van der Waals surface area contributed by atoms with Crippen molar-refractivity contribution in [3.05, 3.63) is 56.4 Å². The van der Waals surface area contributed by atoms with Gasteiger partial charge < -0.3 is 4.74 Å². The van der Waals surface area contributed by atoms with E-state index in [0.717, 1.165) is 12.1 Å². The molecule has 1 heterocycles. The van der Waals surface area contributed by atoms with Gasteiger partial charge >= 0.3 is 5.69 Å². The molecule has 0 bridgehead atoms. The van der Waals surface area contributed by atoms with Crippen molar-refractivity contribution in [1.29, 1.82) is 0 Å². The molecule has 6 nitrogen and oxygen atoms in total. The lowest BCUT2D eigenvalue weighted by Crippen LogP contribution is -1.96. The maximum atomic E-state index is 13.4. The average Bonchev–Trinajstić information content (AvgIpc) is 2.43. The van der Waals surface area contributed by atoms with Crippen LogP contribution in [0, 0.1) is 15.9 Å². The Morgan fingerprint density at radius 2 is 2.15 bits per heavy atom. The quantitative estimate of drug-likeness (QED) is 0.483. The third kappa shape index (κ3) is 2.97. The van der Waals surface area contributed by atoms with Gasteiger partial charge in [0.05, 0.1) is 9.40 Å². The Bertz CT molecular complexity index is 676. The highest BCUT2D eigenvalue weighted by Gasteiger charge is 2.20. The van der Waals surface area contributed by atoms with Crippen LogP contribution in [0.25, 0.3) is 0 Å². The number of hydrogen-bond acceptors (Lipinski definition) is 5. The first kappa shape index (κ1) is 14.1. The van der Waals surface area contributed by atoms with Crippen molar-refractivity contribution in [2.75, 3.05) is 0 Å². The summed E-state index contributed by atoms with van der Waals surface area (Å²) in [6, 6.07) is 4.67. The van der Waals surface area contributed by atoms with Crippen molar-refractivity contribution in [3.8, 4) is 11.6 Å². The van der Waals surface area contributed by atoms with E-state index in [-0.39, 0.29) is 16.1 Å². The topological polar surface area (TPSA) is 82.3 Å². The molecule has 0 saturated carbocycles. The third-order valence-corrected chi connectivity index (χ3v) is 2.92. The molecule has 1 aromatic heterocycles. The van der Waals surface area contributed by atoms with Crippen LogP contribution in [0.15, 0.2) is 34.9 Å². The van der Waals surface area contributed by atoms with Crippen molar-refractivity contribution in [2.45, 2.75) is 0 Å². The molecule has 0 aliphatic heterocycles. The van der Waals surface area contributed by atoms with Gasteiger partial charge in [-0.05, 0) is 22.0 Å². The van der Waals surface area contributed by atoms with Gasteiger partial charge in [0.15, 0.2) is 6.29 Å². The zero-order valence-electron chi connectivity index (χ0n) is 9.75. The number of rotatable bonds is 4. The van der Waals surface area contributed by atoms with E-state index in [1.807, 2.05) is 0 Å². The largest absolute Gasteiger partial charge is 0.432 e. The fourth-order valence-corrected chi connectivity index (χ4v) is 1.71. The Morgan fingerprint density at radius 3 is 2.70 bits per heavy atom. The van der Waals surface area contributed by atoms with Gasteiger partial charge in [0.2, 0.25) is 11.6 Å². The summed E-state index contributed by atoms with van der Waals surface area (Å²) in [6.07, 6.45) is 1.84. The SMILES string of the molecule is O=Cc1ccc(Oc2cc(F)c(Br)cc2[N+](=O)[O-])nc1. The number of aromatic nitrogens is 1. The van der Waals surface area contributed by atoms with Crippen LogP contribution in [0.1, 0.15) is 10.4 Å². The maximum absolute atomic E-state index is 13.4. The number of aldehydes is 1.